The van der Waals surface area contributed by atoms with Crippen molar-refractivity contribution in [3.05, 3.63) is 0 Å². The molecule has 106 valence electrons. The SMILES string of the molecule is COCCCNC(=O)C1CC[NH+](CC(C)C)CC1. The first kappa shape index (κ1) is 15.4. The van der Waals surface area contributed by atoms with Crippen molar-refractivity contribution in [3.63, 3.8) is 0 Å². The van der Waals surface area contributed by atoms with Crippen LogP contribution in [0, 0.1) is 11.8 Å². The average Bonchev–Trinajstić information content (AvgIpc) is 2.34. The number of methoxy groups -OCH3 is 1. The second kappa shape index (κ2) is 8.48. The number of carbonyl (C=O) groups excluding carboxylic acids is 1. The molecule has 0 radical (unpaired) electrons. The fourth-order valence-corrected chi connectivity index (χ4v) is 2.64. The Kier molecular flexibility index (Phi) is 7.28. The smallest absolute Gasteiger partial charge is 0.223 e. The summed E-state index contributed by atoms with van der Waals surface area (Å²) in [4.78, 5) is 13.6. The number of rotatable bonds is 7. The summed E-state index contributed by atoms with van der Waals surface area (Å²) in [7, 11) is 1.69. The van der Waals surface area contributed by atoms with E-state index < -0.39 is 0 Å². The van der Waals surface area contributed by atoms with E-state index in [9.17, 15) is 4.79 Å². The van der Waals surface area contributed by atoms with Gasteiger partial charge in [0.15, 0.2) is 0 Å². The Labute approximate surface area is 111 Å². The van der Waals surface area contributed by atoms with Gasteiger partial charge in [0.25, 0.3) is 0 Å². The zero-order valence-corrected chi connectivity index (χ0v) is 12.1. The number of ether oxygens (including phenoxy) is 1. The molecule has 4 nitrogen and oxygen atoms in total. The maximum Gasteiger partial charge on any atom is 0.223 e. The predicted octanol–water partition coefficient (Wildman–Crippen LogP) is 0.0900. The van der Waals surface area contributed by atoms with Crippen molar-refractivity contribution in [1.82, 2.24) is 5.32 Å². The number of nitrogens with one attached hydrogen (secondary N) is 2. The second-order valence-electron chi connectivity index (χ2n) is 5.76. The molecular weight excluding hydrogens is 228 g/mol. The van der Waals surface area contributed by atoms with Gasteiger partial charge in [-0.25, -0.2) is 0 Å². The molecule has 18 heavy (non-hydrogen) atoms. The predicted molar refractivity (Wildman–Crippen MR) is 72.6 cm³/mol. The lowest BCUT2D eigenvalue weighted by Crippen LogP contribution is -3.13. The highest BCUT2D eigenvalue weighted by Gasteiger charge is 2.27. The summed E-state index contributed by atoms with van der Waals surface area (Å²) in [6.45, 7) is 9.52. The Balaban J connectivity index is 2.15. The summed E-state index contributed by atoms with van der Waals surface area (Å²) in [5.41, 5.74) is 0. The van der Waals surface area contributed by atoms with Crippen LogP contribution in [0.5, 0.6) is 0 Å². The van der Waals surface area contributed by atoms with Gasteiger partial charge in [-0.3, -0.25) is 4.79 Å². The third kappa shape index (κ3) is 5.83. The fourth-order valence-electron chi connectivity index (χ4n) is 2.64. The number of amides is 1. The molecule has 1 rings (SSSR count). The fraction of sp³-hybridized carbons (Fsp3) is 0.929. The molecule has 0 saturated carbocycles. The second-order valence-corrected chi connectivity index (χ2v) is 5.76. The molecule has 0 aromatic rings. The highest BCUT2D eigenvalue weighted by Crippen LogP contribution is 2.09. The largest absolute Gasteiger partial charge is 0.385 e. The van der Waals surface area contributed by atoms with Crippen LogP contribution >= 0.6 is 0 Å². The lowest BCUT2D eigenvalue weighted by Gasteiger charge is -2.29. The standard InChI is InChI=1S/C14H28N2O2/c1-12(2)11-16-8-5-13(6-9-16)14(17)15-7-4-10-18-3/h12-13H,4-11H2,1-3H3,(H,15,17)/p+1. The summed E-state index contributed by atoms with van der Waals surface area (Å²) in [5.74, 6) is 1.23. The quantitative estimate of drug-likeness (QED) is 0.635. The third-order valence-electron chi connectivity index (χ3n) is 3.58. The van der Waals surface area contributed by atoms with Crippen LogP contribution in [0.4, 0.5) is 0 Å². The molecule has 1 heterocycles. The summed E-state index contributed by atoms with van der Waals surface area (Å²) in [6.07, 6.45) is 2.98. The molecule has 1 aliphatic rings. The van der Waals surface area contributed by atoms with Gasteiger partial charge in [0, 0.05) is 44.9 Å². The number of quaternary nitrogens is 1. The van der Waals surface area contributed by atoms with Gasteiger partial charge in [0.05, 0.1) is 19.6 Å². The average molecular weight is 257 g/mol. The van der Waals surface area contributed by atoms with Gasteiger partial charge in [0.2, 0.25) is 5.91 Å². The molecule has 4 heteroatoms. The van der Waals surface area contributed by atoms with E-state index in [2.05, 4.69) is 19.2 Å². The Hall–Kier alpha value is -0.610. The minimum Gasteiger partial charge on any atom is -0.385 e. The maximum atomic E-state index is 11.9. The molecule has 1 aliphatic heterocycles. The number of likely N-dealkylation sites (tertiary alicyclic amines) is 1. The van der Waals surface area contributed by atoms with Crippen LogP contribution in [0.1, 0.15) is 33.1 Å². The minimum atomic E-state index is 0.239. The normalized spacial score (nSPS) is 24.2. The third-order valence-corrected chi connectivity index (χ3v) is 3.58. The van der Waals surface area contributed by atoms with Gasteiger partial charge < -0.3 is 15.0 Å². The number of hydrogen-bond donors (Lipinski definition) is 2. The molecular formula is C14H29N2O2+. The Morgan fingerprint density at radius 1 is 1.39 bits per heavy atom. The van der Waals surface area contributed by atoms with Crippen LogP contribution in [-0.4, -0.2) is 45.8 Å². The molecule has 0 aliphatic carbocycles. The van der Waals surface area contributed by atoms with E-state index in [1.54, 1.807) is 12.0 Å². The van der Waals surface area contributed by atoms with Crippen LogP contribution < -0.4 is 10.2 Å². The number of piperidine rings is 1. The first-order chi connectivity index (χ1) is 8.63. The van der Waals surface area contributed by atoms with Crippen molar-refractivity contribution in [2.45, 2.75) is 33.1 Å². The Morgan fingerprint density at radius 3 is 2.61 bits per heavy atom. The van der Waals surface area contributed by atoms with Gasteiger partial charge in [-0.15, -0.1) is 0 Å². The summed E-state index contributed by atoms with van der Waals surface area (Å²) in [6, 6.07) is 0. The molecule has 0 spiro atoms. The van der Waals surface area contributed by atoms with Gasteiger partial charge >= 0.3 is 0 Å². The van der Waals surface area contributed by atoms with Crippen molar-refractivity contribution in [2.24, 2.45) is 11.8 Å². The van der Waals surface area contributed by atoms with E-state index in [0.717, 1.165) is 51.4 Å². The van der Waals surface area contributed by atoms with Crippen molar-refractivity contribution in [2.75, 3.05) is 39.9 Å². The highest BCUT2D eigenvalue weighted by molar-refractivity contribution is 5.78. The Bertz CT molecular complexity index is 236. The van der Waals surface area contributed by atoms with Gasteiger partial charge in [-0.2, -0.15) is 0 Å². The van der Waals surface area contributed by atoms with Crippen LogP contribution in [0.25, 0.3) is 0 Å². The first-order valence-corrected chi connectivity index (χ1v) is 7.23. The molecule has 1 amide bonds. The van der Waals surface area contributed by atoms with Gasteiger partial charge in [-0.1, -0.05) is 13.8 Å². The van der Waals surface area contributed by atoms with Crippen LogP contribution in [0.3, 0.4) is 0 Å². The molecule has 0 atom stereocenters. The summed E-state index contributed by atoms with van der Waals surface area (Å²) < 4.78 is 4.97. The topological polar surface area (TPSA) is 42.8 Å². The van der Waals surface area contributed by atoms with E-state index in [-0.39, 0.29) is 11.8 Å². The van der Waals surface area contributed by atoms with E-state index in [0.29, 0.717) is 0 Å². The highest BCUT2D eigenvalue weighted by atomic mass is 16.5. The van der Waals surface area contributed by atoms with E-state index in [1.807, 2.05) is 0 Å². The first-order valence-electron chi connectivity index (χ1n) is 7.23. The van der Waals surface area contributed by atoms with Crippen molar-refractivity contribution >= 4 is 5.91 Å². The van der Waals surface area contributed by atoms with Crippen molar-refractivity contribution in [3.8, 4) is 0 Å². The summed E-state index contributed by atoms with van der Waals surface area (Å²) in [5, 5.41) is 3.01. The molecule has 0 bridgehead atoms. The molecule has 0 aromatic heterocycles. The van der Waals surface area contributed by atoms with E-state index in [1.165, 1.54) is 6.54 Å². The zero-order chi connectivity index (χ0) is 13.4. The minimum absolute atomic E-state index is 0.239. The van der Waals surface area contributed by atoms with E-state index >= 15 is 0 Å². The molecule has 0 aromatic carbocycles. The Morgan fingerprint density at radius 2 is 2.06 bits per heavy atom. The van der Waals surface area contributed by atoms with Crippen molar-refractivity contribution in [1.29, 1.82) is 0 Å². The van der Waals surface area contributed by atoms with E-state index in [4.69, 9.17) is 4.74 Å². The number of carbonyl (C=O) groups is 1. The lowest BCUT2D eigenvalue weighted by molar-refractivity contribution is -0.908. The zero-order valence-electron chi connectivity index (χ0n) is 12.1. The van der Waals surface area contributed by atoms with Crippen LogP contribution in [0.2, 0.25) is 0 Å². The molecule has 1 fully saturated rings. The van der Waals surface area contributed by atoms with Crippen LogP contribution in [-0.2, 0) is 9.53 Å². The summed E-state index contributed by atoms with van der Waals surface area (Å²) >= 11 is 0. The van der Waals surface area contributed by atoms with Crippen LogP contribution in [0.15, 0.2) is 0 Å². The van der Waals surface area contributed by atoms with Gasteiger partial charge in [-0.05, 0) is 6.42 Å². The van der Waals surface area contributed by atoms with Crippen molar-refractivity contribution < 1.29 is 14.4 Å². The molecule has 2 N–H and O–H groups in total. The lowest BCUT2D eigenvalue weighted by atomic mass is 9.95. The monoisotopic (exact) mass is 257 g/mol. The molecule has 1 saturated heterocycles. The maximum absolute atomic E-state index is 11.9. The number of hydrogen-bond acceptors (Lipinski definition) is 2. The molecule has 0 unspecified atom stereocenters. The van der Waals surface area contributed by atoms with Gasteiger partial charge in [0.1, 0.15) is 0 Å².